The van der Waals surface area contributed by atoms with Crippen LogP contribution in [0.25, 0.3) is 0 Å². The van der Waals surface area contributed by atoms with Gasteiger partial charge in [0.1, 0.15) is 0 Å². The maximum atomic E-state index is 11.6. The molecule has 0 atom stereocenters. The fourth-order valence-electron chi connectivity index (χ4n) is 2.00. The third-order valence-corrected chi connectivity index (χ3v) is 3.36. The van der Waals surface area contributed by atoms with Crippen LogP contribution in [0.4, 0.5) is 0 Å². The van der Waals surface area contributed by atoms with Crippen LogP contribution in [0.2, 0.25) is 0 Å². The van der Waals surface area contributed by atoms with Gasteiger partial charge in [-0.2, -0.15) is 0 Å². The van der Waals surface area contributed by atoms with Crippen LogP contribution in [0.1, 0.15) is 26.7 Å². The van der Waals surface area contributed by atoms with Crippen molar-refractivity contribution in [2.24, 2.45) is 5.41 Å². The van der Waals surface area contributed by atoms with Gasteiger partial charge >= 0.3 is 5.97 Å². The highest BCUT2D eigenvalue weighted by molar-refractivity contribution is 5.84. The fraction of sp³-hybridized carbons (Fsp3) is 0.846. The van der Waals surface area contributed by atoms with Gasteiger partial charge in [-0.1, -0.05) is 0 Å². The SMILES string of the molecule is CC(C)(CC(=O)NCCCN1CCNCC1)C(=O)O. The third kappa shape index (κ3) is 6.02. The molecule has 6 nitrogen and oxygen atoms in total. The van der Waals surface area contributed by atoms with Crippen molar-refractivity contribution in [2.45, 2.75) is 26.7 Å². The zero-order valence-electron chi connectivity index (χ0n) is 11.9. The second kappa shape index (κ2) is 7.45. The standard InChI is InChI=1S/C13H25N3O3/c1-13(2,12(18)19)10-11(17)15-4-3-7-16-8-5-14-6-9-16/h14H,3-10H2,1-2H3,(H,15,17)(H,18,19). The number of piperazine rings is 1. The first-order chi connectivity index (χ1) is 8.92. The summed E-state index contributed by atoms with van der Waals surface area (Å²) in [5, 5.41) is 15.0. The molecule has 1 aliphatic rings. The number of amides is 1. The quantitative estimate of drug-likeness (QED) is 0.563. The van der Waals surface area contributed by atoms with E-state index in [4.69, 9.17) is 5.11 Å². The summed E-state index contributed by atoms with van der Waals surface area (Å²) in [5.74, 6) is -1.13. The van der Waals surface area contributed by atoms with Crippen molar-refractivity contribution in [3.63, 3.8) is 0 Å². The second-order valence-corrected chi connectivity index (χ2v) is 5.66. The molecular weight excluding hydrogens is 246 g/mol. The molecule has 0 bridgehead atoms. The highest BCUT2D eigenvalue weighted by atomic mass is 16.4. The normalized spacial score (nSPS) is 17.2. The van der Waals surface area contributed by atoms with Crippen molar-refractivity contribution >= 4 is 11.9 Å². The van der Waals surface area contributed by atoms with Gasteiger partial charge in [0.25, 0.3) is 0 Å². The molecule has 3 N–H and O–H groups in total. The maximum absolute atomic E-state index is 11.6. The van der Waals surface area contributed by atoms with Gasteiger partial charge in [-0.3, -0.25) is 9.59 Å². The summed E-state index contributed by atoms with van der Waals surface area (Å²) in [5.41, 5.74) is -0.997. The largest absolute Gasteiger partial charge is 0.481 e. The predicted molar refractivity (Wildman–Crippen MR) is 73.0 cm³/mol. The Hall–Kier alpha value is -1.14. The minimum absolute atomic E-state index is 0.0238. The van der Waals surface area contributed by atoms with Crippen LogP contribution >= 0.6 is 0 Å². The highest BCUT2D eigenvalue weighted by Crippen LogP contribution is 2.19. The van der Waals surface area contributed by atoms with Gasteiger partial charge in [0.2, 0.25) is 5.91 Å². The first kappa shape index (κ1) is 15.9. The number of aliphatic carboxylic acids is 1. The molecule has 0 aromatic carbocycles. The number of carbonyl (C=O) groups is 2. The summed E-state index contributed by atoms with van der Waals surface area (Å²) in [6, 6.07) is 0. The van der Waals surface area contributed by atoms with Gasteiger partial charge in [0, 0.05) is 39.1 Å². The van der Waals surface area contributed by atoms with Crippen molar-refractivity contribution in [3.05, 3.63) is 0 Å². The van der Waals surface area contributed by atoms with E-state index in [-0.39, 0.29) is 12.3 Å². The molecule has 19 heavy (non-hydrogen) atoms. The highest BCUT2D eigenvalue weighted by Gasteiger charge is 2.29. The summed E-state index contributed by atoms with van der Waals surface area (Å²) in [7, 11) is 0. The molecule has 1 amide bonds. The monoisotopic (exact) mass is 271 g/mol. The second-order valence-electron chi connectivity index (χ2n) is 5.66. The van der Waals surface area contributed by atoms with E-state index in [1.165, 1.54) is 0 Å². The van der Waals surface area contributed by atoms with Crippen molar-refractivity contribution in [1.29, 1.82) is 0 Å². The number of hydrogen-bond acceptors (Lipinski definition) is 4. The van der Waals surface area contributed by atoms with Crippen molar-refractivity contribution in [3.8, 4) is 0 Å². The molecule has 0 aromatic rings. The average molecular weight is 271 g/mol. The van der Waals surface area contributed by atoms with Gasteiger partial charge in [0.05, 0.1) is 5.41 Å². The van der Waals surface area contributed by atoms with E-state index in [0.29, 0.717) is 6.54 Å². The summed E-state index contributed by atoms with van der Waals surface area (Å²) < 4.78 is 0. The van der Waals surface area contributed by atoms with E-state index in [1.54, 1.807) is 13.8 Å². The number of carboxylic acid groups (broad SMARTS) is 1. The number of carboxylic acids is 1. The van der Waals surface area contributed by atoms with Crippen LogP contribution in [0.3, 0.4) is 0 Å². The first-order valence-corrected chi connectivity index (χ1v) is 6.85. The van der Waals surface area contributed by atoms with Gasteiger partial charge in [-0.25, -0.2) is 0 Å². The van der Waals surface area contributed by atoms with E-state index >= 15 is 0 Å². The molecule has 0 radical (unpaired) electrons. The lowest BCUT2D eigenvalue weighted by atomic mass is 9.89. The molecule has 1 aliphatic heterocycles. The fourth-order valence-corrected chi connectivity index (χ4v) is 2.00. The lowest BCUT2D eigenvalue weighted by Gasteiger charge is -2.27. The van der Waals surface area contributed by atoms with Crippen LogP contribution in [0.5, 0.6) is 0 Å². The average Bonchev–Trinajstić information content (AvgIpc) is 2.35. The minimum atomic E-state index is -0.997. The smallest absolute Gasteiger partial charge is 0.309 e. The molecule has 1 fully saturated rings. The van der Waals surface area contributed by atoms with Crippen molar-refractivity contribution in [2.75, 3.05) is 39.3 Å². The molecule has 0 unspecified atom stereocenters. The Kier molecular flexibility index (Phi) is 6.24. The summed E-state index contributed by atoms with van der Waals surface area (Å²) in [6.07, 6.45) is 0.926. The van der Waals surface area contributed by atoms with Crippen LogP contribution in [-0.2, 0) is 9.59 Å². The van der Waals surface area contributed by atoms with Crippen LogP contribution in [0, 0.1) is 5.41 Å². The Balaban J connectivity index is 2.11. The maximum Gasteiger partial charge on any atom is 0.309 e. The van der Waals surface area contributed by atoms with Crippen molar-refractivity contribution < 1.29 is 14.7 Å². The molecule has 1 heterocycles. The van der Waals surface area contributed by atoms with E-state index < -0.39 is 11.4 Å². The molecule has 1 saturated heterocycles. The summed E-state index contributed by atoms with van der Waals surface area (Å²) >= 11 is 0. The number of carbonyl (C=O) groups excluding carboxylic acids is 1. The Labute approximate surface area is 114 Å². The van der Waals surface area contributed by atoms with E-state index in [1.807, 2.05) is 0 Å². The molecule has 0 saturated carbocycles. The summed E-state index contributed by atoms with van der Waals surface area (Å²) in [4.78, 5) is 24.9. The zero-order chi connectivity index (χ0) is 14.3. The topological polar surface area (TPSA) is 81.7 Å². The van der Waals surface area contributed by atoms with Gasteiger partial charge in [-0.05, 0) is 26.8 Å². The van der Waals surface area contributed by atoms with Gasteiger partial charge in [-0.15, -0.1) is 0 Å². The number of nitrogens with one attached hydrogen (secondary N) is 2. The van der Waals surface area contributed by atoms with Crippen LogP contribution in [-0.4, -0.2) is 61.2 Å². The van der Waals surface area contributed by atoms with Gasteiger partial charge in [0.15, 0.2) is 0 Å². The summed E-state index contributed by atoms with van der Waals surface area (Å²) in [6.45, 7) is 8.88. The Morgan fingerprint density at radius 2 is 1.95 bits per heavy atom. The zero-order valence-corrected chi connectivity index (χ0v) is 11.9. The van der Waals surface area contributed by atoms with Gasteiger partial charge < -0.3 is 20.6 Å². The lowest BCUT2D eigenvalue weighted by Crippen LogP contribution is -2.44. The van der Waals surface area contributed by atoms with E-state index in [2.05, 4.69) is 15.5 Å². The van der Waals surface area contributed by atoms with E-state index in [0.717, 1.165) is 39.1 Å². The van der Waals surface area contributed by atoms with Crippen molar-refractivity contribution in [1.82, 2.24) is 15.5 Å². The Morgan fingerprint density at radius 1 is 1.32 bits per heavy atom. The lowest BCUT2D eigenvalue weighted by molar-refractivity contribution is -0.149. The van der Waals surface area contributed by atoms with Crippen LogP contribution in [0.15, 0.2) is 0 Å². The third-order valence-electron chi connectivity index (χ3n) is 3.36. The Bertz CT molecular complexity index is 312. The van der Waals surface area contributed by atoms with E-state index in [9.17, 15) is 9.59 Å². The number of rotatable bonds is 7. The molecule has 1 rings (SSSR count). The number of hydrogen-bond donors (Lipinski definition) is 3. The molecule has 0 spiro atoms. The predicted octanol–water partition coefficient (Wildman–Crippen LogP) is -0.101. The Morgan fingerprint density at radius 3 is 2.53 bits per heavy atom. The molecular formula is C13H25N3O3. The first-order valence-electron chi connectivity index (χ1n) is 6.85. The minimum Gasteiger partial charge on any atom is -0.481 e. The molecule has 0 aliphatic carbocycles. The molecule has 0 aromatic heterocycles. The molecule has 110 valence electrons. The molecule has 6 heteroatoms. The van der Waals surface area contributed by atoms with Crippen LogP contribution < -0.4 is 10.6 Å². The number of nitrogens with zero attached hydrogens (tertiary/aromatic N) is 1.